The molecule has 2 amide bonds. The standard InChI is InChI=1S/C34H29FN2O4/c35-31-12-5-4-11-27(31)33(39)37-16-15-26-25(22-9-6-10-23(17-22)34(40)41)14-13-24(30(26)20-37)19-36-32(38)29-18-28(29)21-7-2-1-3-8-21/h1-14,17,28-29H,15-16,18-20H2,(H,36,38)(H,40,41)/t28-,29-/m1/s1. The molecular weight excluding hydrogens is 519 g/mol. The van der Waals surface area contributed by atoms with Gasteiger partial charge in [0.25, 0.3) is 5.91 Å². The second kappa shape index (κ2) is 11.0. The normalized spacial score (nSPS) is 17.4. The molecule has 0 saturated heterocycles. The number of fused-ring (bicyclic) bond motifs is 1. The first-order valence-electron chi connectivity index (χ1n) is 13.7. The minimum Gasteiger partial charge on any atom is -0.478 e. The van der Waals surface area contributed by atoms with Gasteiger partial charge in [-0.15, -0.1) is 0 Å². The van der Waals surface area contributed by atoms with E-state index in [4.69, 9.17) is 0 Å². The Hall–Kier alpha value is -4.78. The number of halogens is 1. The molecule has 2 aliphatic rings. The number of rotatable bonds is 7. The molecule has 0 aromatic heterocycles. The zero-order valence-corrected chi connectivity index (χ0v) is 22.3. The van der Waals surface area contributed by atoms with Gasteiger partial charge >= 0.3 is 5.97 Å². The van der Waals surface area contributed by atoms with Crippen LogP contribution >= 0.6 is 0 Å². The third-order valence-electron chi connectivity index (χ3n) is 8.13. The molecule has 1 fully saturated rings. The number of aromatic carboxylic acids is 1. The minimum atomic E-state index is -1.00. The highest BCUT2D eigenvalue weighted by molar-refractivity contribution is 5.95. The van der Waals surface area contributed by atoms with Crippen molar-refractivity contribution in [1.29, 1.82) is 0 Å². The van der Waals surface area contributed by atoms with Crippen LogP contribution in [0.4, 0.5) is 4.39 Å². The van der Waals surface area contributed by atoms with E-state index < -0.39 is 11.8 Å². The van der Waals surface area contributed by atoms with Crippen LogP contribution in [0.25, 0.3) is 11.1 Å². The number of carboxylic acid groups (broad SMARTS) is 1. The fourth-order valence-corrected chi connectivity index (χ4v) is 5.84. The number of benzene rings is 4. The van der Waals surface area contributed by atoms with Crippen LogP contribution in [-0.4, -0.2) is 34.3 Å². The number of nitrogens with one attached hydrogen (secondary N) is 1. The SMILES string of the molecule is O=C(O)c1cccc(-c2ccc(CNC(=O)[C@@H]3C[C@@H]3c3ccccc3)c3c2CCN(C(=O)c2ccccc2F)C3)c1. The van der Waals surface area contributed by atoms with Gasteiger partial charge in [0.15, 0.2) is 0 Å². The molecule has 6 rings (SSSR count). The number of hydrogen-bond donors (Lipinski definition) is 2. The summed E-state index contributed by atoms with van der Waals surface area (Å²) in [6.45, 7) is 0.953. The largest absolute Gasteiger partial charge is 0.478 e. The van der Waals surface area contributed by atoms with Crippen molar-refractivity contribution in [1.82, 2.24) is 10.2 Å². The van der Waals surface area contributed by atoms with Gasteiger partial charge < -0.3 is 15.3 Å². The number of hydrogen-bond acceptors (Lipinski definition) is 3. The second-order valence-electron chi connectivity index (χ2n) is 10.6. The molecule has 2 atom stereocenters. The van der Waals surface area contributed by atoms with Gasteiger partial charge in [-0.1, -0.05) is 66.7 Å². The summed E-state index contributed by atoms with van der Waals surface area (Å²) in [6.07, 6.45) is 1.33. The lowest BCUT2D eigenvalue weighted by Crippen LogP contribution is -2.37. The lowest BCUT2D eigenvalue weighted by atomic mass is 9.87. The van der Waals surface area contributed by atoms with Gasteiger partial charge in [-0.3, -0.25) is 9.59 Å². The van der Waals surface area contributed by atoms with Gasteiger partial charge in [0, 0.05) is 25.6 Å². The van der Waals surface area contributed by atoms with Gasteiger partial charge in [0.2, 0.25) is 5.91 Å². The van der Waals surface area contributed by atoms with Crippen LogP contribution in [0.3, 0.4) is 0 Å². The summed E-state index contributed by atoms with van der Waals surface area (Å²) in [4.78, 5) is 39.6. The van der Waals surface area contributed by atoms with E-state index in [-0.39, 0.29) is 41.3 Å². The molecule has 1 aliphatic heterocycles. The molecule has 4 aromatic rings. The molecular formula is C34H29FN2O4. The van der Waals surface area contributed by atoms with Crippen molar-refractivity contribution >= 4 is 17.8 Å². The molecule has 206 valence electrons. The zero-order chi connectivity index (χ0) is 28.5. The summed E-state index contributed by atoms with van der Waals surface area (Å²) in [5.41, 5.74) is 5.83. The monoisotopic (exact) mass is 548 g/mol. The highest BCUT2D eigenvalue weighted by atomic mass is 19.1. The Labute approximate surface area is 237 Å². The van der Waals surface area contributed by atoms with E-state index >= 15 is 0 Å². The maximum atomic E-state index is 14.5. The third-order valence-corrected chi connectivity index (χ3v) is 8.13. The van der Waals surface area contributed by atoms with E-state index in [1.165, 1.54) is 17.7 Å². The molecule has 0 radical (unpaired) electrons. The first kappa shape index (κ1) is 26.4. The van der Waals surface area contributed by atoms with Crippen LogP contribution in [-0.2, 0) is 24.3 Å². The number of carbonyl (C=O) groups excluding carboxylic acids is 2. The van der Waals surface area contributed by atoms with Crippen LogP contribution in [0, 0.1) is 11.7 Å². The Morgan fingerprint density at radius 3 is 2.46 bits per heavy atom. The Kier molecular flexibility index (Phi) is 7.10. The summed E-state index contributed by atoms with van der Waals surface area (Å²) in [5.74, 6) is -1.79. The molecule has 1 heterocycles. The molecule has 41 heavy (non-hydrogen) atoms. The van der Waals surface area contributed by atoms with Crippen molar-refractivity contribution in [2.24, 2.45) is 5.92 Å². The summed E-state index contributed by atoms with van der Waals surface area (Å²) in [6, 6.07) is 26.7. The smallest absolute Gasteiger partial charge is 0.335 e. The van der Waals surface area contributed by atoms with E-state index in [0.717, 1.165) is 34.2 Å². The number of nitrogens with zero attached hydrogens (tertiary/aromatic N) is 1. The maximum Gasteiger partial charge on any atom is 0.335 e. The summed E-state index contributed by atoms with van der Waals surface area (Å²) in [5, 5.41) is 12.6. The lowest BCUT2D eigenvalue weighted by Gasteiger charge is -2.32. The van der Waals surface area contributed by atoms with Crippen LogP contribution in [0.2, 0.25) is 0 Å². The van der Waals surface area contributed by atoms with Gasteiger partial charge in [-0.05, 0) is 76.4 Å². The van der Waals surface area contributed by atoms with Crippen molar-refractivity contribution < 1.29 is 23.9 Å². The van der Waals surface area contributed by atoms with E-state index in [0.29, 0.717) is 19.5 Å². The molecule has 4 aromatic carbocycles. The Morgan fingerprint density at radius 2 is 1.68 bits per heavy atom. The van der Waals surface area contributed by atoms with Crippen LogP contribution in [0.5, 0.6) is 0 Å². The van der Waals surface area contributed by atoms with E-state index in [1.54, 1.807) is 35.2 Å². The first-order chi connectivity index (χ1) is 19.9. The van der Waals surface area contributed by atoms with Crippen molar-refractivity contribution in [3.8, 4) is 11.1 Å². The average Bonchev–Trinajstić information content (AvgIpc) is 3.81. The first-order valence-corrected chi connectivity index (χ1v) is 13.7. The van der Waals surface area contributed by atoms with Crippen LogP contribution in [0.1, 0.15) is 55.3 Å². The molecule has 7 heteroatoms. The highest BCUT2D eigenvalue weighted by Gasteiger charge is 2.43. The van der Waals surface area contributed by atoms with E-state index in [2.05, 4.69) is 5.32 Å². The number of amides is 2. The maximum absolute atomic E-state index is 14.5. The molecule has 0 bridgehead atoms. The predicted molar refractivity (Wildman–Crippen MR) is 153 cm³/mol. The summed E-state index contributed by atoms with van der Waals surface area (Å²) in [7, 11) is 0. The fourth-order valence-electron chi connectivity index (χ4n) is 5.84. The average molecular weight is 549 g/mol. The van der Waals surface area contributed by atoms with Crippen LogP contribution in [0.15, 0.2) is 91.0 Å². The van der Waals surface area contributed by atoms with Gasteiger partial charge in [-0.2, -0.15) is 0 Å². The predicted octanol–water partition coefficient (Wildman–Crippen LogP) is 5.81. The van der Waals surface area contributed by atoms with Crippen molar-refractivity contribution in [2.75, 3.05) is 6.54 Å². The Morgan fingerprint density at radius 1 is 0.902 bits per heavy atom. The van der Waals surface area contributed by atoms with Crippen molar-refractivity contribution in [3.63, 3.8) is 0 Å². The van der Waals surface area contributed by atoms with E-state index in [1.807, 2.05) is 48.5 Å². The summed E-state index contributed by atoms with van der Waals surface area (Å²) >= 11 is 0. The lowest BCUT2D eigenvalue weighted by molar-refractivity contribution is -0.122. The molecule has 0 unspecified atom stereocenters. The molecule has 1 aliphatic carbocycles. The molecule has 1 saturated carbocycles. The highest BCUT2D eigenvalue weighted by Crippen LogP contribution is 2.47. The van der Waals surface area contributed by atoms with Crippen molar-refractivity contribution in [3.05, 3.63) is 130 Å². The van der Waals surface area contributed by atoms with Crippen molar-refractivity contribution in [2.45, 2.75) is 31.8 Å². The van der Waals surface area contributed by atoms with Gasteiger partial charge in [0.1, 0.15) is 5.82 Å². The number of carbonyl (C=O) groups is 3. The fraction of sp³-hybridized carbons (Fsp3) is 0.206. The number of carboxylic acids is 1. The quantitative estimate of drug-likeness (QED) is 0.305. The van der Waals surface area contributed by atoms with Crippen LogP contribution < -0.4 is 5.32 Å². The van der Waals surface area contributed by atoms with Gasteiger partial charge in [-0.25, -0.2) is 9.18 Å². The molecule has 6 nitrogen and oxygen atoms in total. The molecule has 2 N–H and O–H groups in total. The topological polar surface area (TPSA) is 86.7 Å². The van der Waals surface area contributed by atoms with Gasteiger partial charge in [0.05, 0.1) is 11.1 Å². The second-order valence-corrected chi connectivity index (χ2v) is 10.6. The minimum absolute atomic E-state index is 0.000868. The zero-order valence-electron chi connectivity index (χ0n) is 22.3. The molecule has 0 spiro atoms. The third kappa shape index (κ3) is 5.35. The Bertz CT molecular complexity index is 1650. The Balaban J connectivity index is 1.29. The summed E-state index contributed by atoms with van der Waals surface area (Å²) < 4.78 is 14.5. The van der Waals surface area contributed by atoms with E-state index in [9.17, 15) is 23.9 Å².